The topological polar surface area (TPSA) is 32.6 Å². The van der Waals surface area contributed by atoms with Crippen LogP contribution in [0.1, 0.15) is 112 Å². The Labute approximate surface area is 180 Å². The fourth-order valence-electron chi connectivity index (χ4n) is 9.26. The highest BCUT2D eigenvalue weighted by Gasteiger charge is 2.60. The molecule has 2 heteroatoms. The lowest BCUT2D eigenvalue weighted by Gasteiger charge is -2.60. The normalized spacial score (nSPS) is 47.0. The van der Waals surface area contributed by atoms with E-state index in [2.05, 4.69) is 39.8 Å². The first-order valence-electron chi connectivity index (χ1n) is 13.0. The second-order valence-electron chi connectivity index (χ2n) is 12.6. The van der Waals surface area contributed by atoms with E-state index in [1.54, 1.807) is 0 Å². The maximum Gasteiger partial charge on any atom is 0.0576 e. The standard InChI is InChI=1S/C27H47NO/c1-18(2)7-6-8-19(3)23-13-14-24-22-12-10-20-9-11-21(28-29)17-27(20,5)25(22)15-16-26(23,24)4/h18-20,22-25,29H,6-17H2,1-5H3/b28-21+. The van der Waals surface area contributed by atoms with Crippen LogP contribution < -0.4 is 0 Å². The summed E-state index contributed by atoms with van der Waals surface area (Å²) in [5, 5.41) is 13.2. The van der Waals surface area contributed by atoms with Gasteiger partial charge in [0.05, 0.1) is 5.71 Å². The molecule has 4 aliphatic carbocycles. The molecule has 0 saturated heterocycles. The average Bonchev–Trinajstić information content (AvgIpc) is 3.04. The van der Waals surface area contributed by atoms with Gasteiger partial charge in [0.25, 0.3) is 0 Å². The molecule has 1 N–H and O–H groups in total. The minimum atomic E-state index is 0.394. The molecule has 4 rings (SSSR count). The molecule has 0 amide bonds. The number of oxime groups is 1. The zero-order valence-corrected chi connectivity index (χ0v) is 19.9. The maximum absolute atomic E-state index is 9.47. The first kappa shape index (κ1) is 21.7. The van der Waals surface area contributed by atoms with Crippen molar-refractivity contribution in [3.05, 3.63) is 0 Å². The van der Waals surface area contributed by atoms with Crippen molar-refractivity contribution in [2.24, 2.45) is 57.4 Å². The van der Waals surface area contributed by atoms with Gasteiger partial charge < -0.3 is 5.21 Å². The van der Waals surface area contributed by atoms with Crippen LogP contribution in [-0.4, -0.2) is 10.9 Å². The second kappa shape index (κ2) is 8.19. The lowest BCUT2D eigenvalue weighted by molar-refractivity contribution is -0.102. The maximum atomic E-state index is 9.47. The van der Waals surface area contributed by atoms with Crippen molar-refractivity contribution in [2.45, 2.75) is 112 Å². The Morgan fingerprint density at radius 1 is 0.931 bits per heavy atom. The van der Waals surface area contributed by atoms with E-state index in [0.29, 0.717) is 10.8 Å². The van der Waals surface area contributed by atoms with Crippen LogP contribution in [0.5, 0.6) is 0 Å². The van der Waals surface area contributed by atoms with Crippen LogP contribution in [0.15, 0.2) is 5.16 Å². The summed E-state index contributed by atoms with van der Waals surface area (Å²) in [5.41, 5.74) is 2.07. The Bertz CT molecular complexity index is 612. The third kappa shape index (κ3) is 3.69. The Kier molecular flexibility index (Phi) is 6.13. The molecule has 2 nitrogen and oxygen atoms in total. The number of fused-ring (bicyclic) bond motifs is 5. The van der Waals surface area contributed by atoms with E-state index in [9.17, 15) is 5.21 Å². The minimum Gasteiger partial charge on any atom is -0.411 e. The van der Waals surface area contributed by atoms with Crippen LogP contribution in [-0.2, 0) is 0 Å². The predicted octanol–water partition coefficient (Wildman–Crippen LogP) is 7.94. The summed E-state index contributed by atoms with van der Waals surface area (Å²) >= 11 is 0. The molecule has 29 heavy (non-hydrogen) atoms. The summed E-state index contributed by atoms with van der Waals surface area (Å²) in [4.78, 5) is 0. The van der Waals surface area contributed by atoms with E-state index in [-0.39, 0.29) is 0 Å². The van der Waals surface area contributed by atoms with Crippen LogP contribution in [0.25, 0.3) is 0 Å². The molecule has 4 fully saturated rings. The lowest BCUT2D eigenvalue weighted by atomic mass is 9.44. The Hall–Kier alpha value is -0.530. The number of nitrogens with zero attached hydrogens (tertiary/aromatic N) is 1. The number of hydrogen-bond donors (Lipinski definition) is 1. The SMILES string of the molecule is CC(C)CCCC(C)C1CCC2C3CCC4CC/C(=N\O)CC4(C)C3CCC12C. The van der Waals surface area contributed by atoms with Gasteiger partial charge in [-0.05, 0) is 110 Å². The lowest BCUT2D eigenvalue weighted by Crippen LogP contribution is -2.54. The zero-order chi connectivity index (χ0) is 20.8. The van der Waals surface area contributed by atoms with E-state index in [4.69, 9.17) is 0 Å². The molecule has 0 aromatic carbocycles. The molecule has 0 aromatic heterocycles. The molecule has 166 valence electrons. The zero-order valence-electron chi connectivity index (χ0n) is 19.9. The van der Waals surface area contributed by atoms with E-state index < -0.39 is 0 Å². The quantitative estimate of drug-likeness (QED) is 0.368. The van der Waals surface area contributed by atoms with Crippen molar-refractivity contribution in [1.29, 1.82) is 0 Å². The first-order valence-corrected chi connectivity index (χ1v) is 13.0. The van der Waals surface area contributed by atoms with Gasteiger partial charge in [-0.2, -0.15) is 0 Å². The highest BCUT2D eigenvalue weighted by Crippen LogP contribution is 2.68. The van der Waals surface area contributed by atoms with Crippen molar-refractivity contribution >= 4 is 5.71 Å². The molecule has 4 saturated carbocycles. The molecular weight excluding hydrogens is 354 g/mol. The van der Waals surface area contributed by atoms with Gasteiger partial charge in [-0.3, -0.25) is 0 Å². The largest absolute Gasteiger partial charge is 0.411 e. The Morgan fingerprint density at radius 3 is 2.41 bits per heavy atom. The Morgan fingerprint density at radius 2 is 1.69 bits per heavy atom. The summed E-state index contributed by atoms with van der Waals surface area (Å²) in [6.07, 6.45) is 16.4. The van der Waals surface area contributed by atoms with Crippen LogP contribution in [0, 0.1) is 52.3 Å². The molecule has 0 spiro atoms. The van der Waals surface area contributed by atoms with Crippen molar-refractivity contribution in [2.75, 3.05) is 0 Å². The van der Waals surface area contributed by atoms with E-state index in [1.807, 2.05) is 0 Å². The fraction of sp³-hybridized carbons (Fsp3) is 0.963. The van der Waals surface area contributed by atoms with Gasteiger partial charge in [0.2, 0.25) is 0 Å². The van der Waals surface area contributed by atoms with Gasteiger partial charge in [0, 0.05) is 0 Å². The molecule has 4 aliphatic rings. The Balaban J connectivity index is 1.48. The highest BCUT2D eigenvalue weighted by atomic mass is 16.4. The highest BCUT2D eigenvalue weighted by molar-refractivity contribution is 5.85. The third-order valence-electron chi connectivity index (χ3n) is 10.8. The molecule has 8 atom stereocenters. The van der Waals surface area contributed by atoms with Crippen LogP contribution in [0.4, 0.5) is 0 Å². The van der Waals surface area contributed by atoms with Crippen molar-refractivity contribution in [1.82, 2.24) is 0 Å². The summed E-state index contributed by atoms with van der Waals surface area (Å²) in [6, 6.07) is 0. The smallest absolute Gasteiger partial charge is 0.0576 e. The van der Waals surface area contributed by atoms with Crippen molar-refractivity contribution < 1.29 is 5.21 Å². The van der Waals surface area contributed by atoms with E-state index in [1.165, 1.54) is 64.2 Å². The molecule has 0 aliphatic heterocycles. The second-order valence-corrected chi connectivity index (χ2v) is 12.6. The fourth-order valence-corrected chi connectivity index (χ4v) is 9.26. The minimum absolute atomic E-state index is 0.394. The third-order valence-corrected chi connectivity index (χ3v) is 10.8. The van der Waals surface area contributed by atoms with Gasteiger partial charge in [0.15, 0.2) is 0 Å². The summed E-state index contributed by atoms with van der Waals surface area (Å²) < 4.78 is 0. The monoisotopic (exact) mass is 401 g/mol. The molecule has 0 aromatic rings. The number of rotatable bonds is 5. The van der Waals surface area contributed by atoms with Gasteiger partial charge in [-0.15, -0.1) is 0 Å². The predicted molar refractivity (Wildman–Crippen MR) is 122 cm³/mol. The average molecular weight is 402 g/mol. The van der Waals surface area contributed by atoms with Crippen molar-refractivity contribution in [3.8, 4) is 0 Å². The summed E-state index contributed by atoms with van der Waals surface area (Å²) in [6.45, 7) is 12.6. The molecule has 0 radical (unpaired) electrons. The number of hydrogen-bond acceptors (Lipinski definition) is 2. The molecule has 8 unspecified atom stereocenters. The van der Waals surface area contributed by atoms with Crippen molar-refractivity contribution in [3.63, 3.8) is 0 Å². The van der Waals surface area contributed by atoms with Gasteiger partial charge in [-0.25, -0.2) is 0 Å². The molecule has 0 heterocycles. The first-order chi connectivity index (χ1) is 13.8. The molecule has 0 bridgehead atoms. The molecular formula is C27H47NO. The van der Waals surface area contributed by atoms with Gasteiger partial charge >= 0.3 is 0 Å². The van der Waals surface area contributed by atoms with Gasteiger partial charge in [0.1, 0.15) is 0 Å². The summed E-state index contributed by atoms with van der Waals surface area (Å²) in [7, 11) is 0. The van der Waals surface area contributed by atoms with Crippen LogP contribution in [0.2, 0.25) is 0 Å². The van der Waals surface area contributed by atoms with E-state index in [0.717, 1.165) is 60.0 Å². The van der Waals surface area contributed by atoms with Crippen LogP contribution >= 0.6 is 0 Å². The summed E-state index contributed by atoms with van der Waals surface area (Å²) in [5.74, 6) is 6.32. The van der Waals surface area contributed by atoms with E-state index >= 15 is 0 Å². The van der Waals surface area contributed by atoms with Gasteiger partial charge in [-0.1, -0.05) is 59.0 Å². The van der Waals surface area contributed by atoms with Crippen LogP contribution in [0.3, 0.4) is 0 Å².